The number of Topliss-reactive ketones (excluding diaryl/α,β-unsaturated/α-hetero) is 2. The molecule has 5 nitrogen and oxygen atoms in total. The van der Waals surface area contributed by atoms with Gasteiger partial charge in [-0.3, -0.25) is 9.59 Å². The number of ether oxygens (including phenoxy) is 2. The van der Waals surface area contributed by atoms with Crippen molar-refractivity contribution in [2.45, 2.75) is 32.1 Å². The molecule has 0 bridgehead atoms. The Morgan fingerprint density at radius 1 is 0.885 bits per heavy atom. The van der Waals surface area contributed by atoms with Crippen LogP contribution in [0.15, 0.2) is 42.5 Å². The van der Waals surface area contributed by atoms with Crippen molar-refractivity contribution >= 4 is 11.6 Å². The normalized spacial score (nSPS) is 10.4. The highest BCUT2D eigenvalue weighted by Gasteiger charge is 2.11. The van der Waals surface area contributed by atoms with Crippen LogP contribution >= 0.6 is 0 Å². The van der Waals surface area contributed by atoms with Crippen molar-refractivity contribution in [1.82, 2.24) is 0 Å². The van der Waals surface area contributed by atoms with Crippen LogP contribution in [0.2, 0.25) is 0 Å². The molecule has 138 valence electrons. The van der Waals surface area contributed by atoms with Crippen LogP contribution in [0.25, 0.3) is 0 Å². The smallest absolute Gasteiger partial charge is 0.160 e. The van der Waals surface area contributed by atoms with E-state index < -0.39 is 0 Å². The number of benzene rings is 2. The Hall–Kier alpha value is -2.82. The molecule has 26 heavy (non-hydrogen) atoms. The molecule has 0 amide bonds. The van der Waals surface area contributed by atoms with Crippen molar-refractivity contribution in [3.8, 4) is 17.2 Å². The molecule has 0 heterocycles. The molecular formula is C21H24O5. The van der Waals surface area contributed by atoms with Gasteiger partial charge in [0.15, 0.2) is 11.5 Å². The van der Waals surface area contributed by atoms with Gasteiger partial charge < -0.3 is 14.6 Å². The van der Waals surface area contributed by atoms with Crippen molar-refractivity contribution in [3.63, 3.8) is 0 Å². The second kappa shape index (κ2) is 9.61. The van der Waals surface area contributed by atoms with Gasteiger partial charge in [-0.25, -0.2) is 0 Å². The summed E-state index contributed by atoms with van der Waals surface area (Å²) in [6.45, 7) is 0. The number of ketones is 2. The summed E-state index contributed by atoms with van der Waals surface area (Å²) < 4.78 is 10.2. The van der Waals surface area contributed by atoms with Gasteiger partial charge >= 0.3 is 0 Å². The Balaban J connectivity index is 1.77. The number of carbonyl (C=O) groups excluding carboxylic acids is 2. The third-order valence-corrected chi connectivity index (χ3v) is 4.16. The molecule has 0 radical (unpaired) electrons. The molecule has 0 aliphatic carbocycles. The third kappa shape index (κ3) is 5.92. The number of aryl methyl sites for hydroxylation is 2. The first-order chi connectivity index (χ1) is 12.5. The van der Waals surface area contributed by atoms with Crippen LogP contribution < -0.4 is 9.47 Å². The van der Waals surface area contributed by atoms with Gasteiger partial charge in [0.25, 0.3) is 0 Å². The molecule has 0 saturated carbocycles. The molecule has 0 spiro atoms. The third-order valence-electron chi connectivity index (χ3n) is 4.16. The Labute approximate surface area is 153 Å². The number of aromatic hydroxyl groups is 1. The average molecular weight is 356 g/mol. The van der Waals surface area contributed by atoms with E-state index in [-0.39, 0.29) is 23.7 Å². The Morgan fingerprint density at radius 2 is 1.54 bits per heavy atom. The van der Waals surface area contributed by atoms with Crippen molar-refractivity contribution in [1.29, 1.82) is 0 Å². The molecule has 0 fully saturated rings. The zero-order valence-electron chi connectivity index (χ0n) is 15.2. The summed E-state index contributed by atoms with van der Waals surface area (Å²) in [6, 6.07) is 12.6. The Kier molecular flexibility index (Phi) is 7.21. The lowest BCUT2D eigenvalue weighted by atomic mass is 10.0. The molecule has 0 saturated heterocycles. The largest absolute Gasteiger partial charge is 0.504 e. The molecule has 0 atom stereocenters. The fraction of sp³-hybridized carbons (Fsp3) is 0.333. The molecule has 0 aliphatic rings. The van der Waals surface area contributed by atoms with E-state index in [0.717, 1.165) is 16.9 Å². The summed E-state index contributed by atoms with van der Waals surface area (Å²) in [6.07, 6.45) is 1.70. The van der Waals surface area contributed by atoms with Gasteiger partial charge in [0.05, 0.1) is 20.6 Å². The highest BCUT2D eigenvalue weighted by molar-refractivity contribution is 5.99. The van der Waals surface area contributed by atoms with Crippen LogP contribution in [-0.4, -0.2) is 30.9 Å². The summed E-state index contributed by atoms with van der Waals surface area (Å²) in [5.74, 6) is 1.07. The van der Waals surface area contributed by atoms with E-state index in [1.54, 1.807) is 19.2 Å². The monoisotopic (exact) mass is 356 g/mol. The van der Waals surface area contributed by atoms with Gasteiger partial charge in [0.1, 0.15) is 17.3 Å². The average Bonchev–Trinajstić information content (AvgIpc) is 2.66. The standard InChI is InChI=1S/C21H24O5/c1-25-19-5-3-4-15(12-19)6-9-17(22)14-18(23)10-7-16-8-11-20(24)21(13-16)26-2/h3-5,8,11-13,24H,6-7,9-10,14H2,1-2H3. The number of hydrogen-bond acceptors (Lipinski definition) is 5. The highest BCUT2D eigenvalue weighted by Crippen LogP contribution is 2.26. The lowest BCUT2D eigenvalue weighted by Crippen LogP contribution is -2.09. The van der Waals surface area contributed by atoms with Gasteiger partial charge in [0.2, 0.25) is 0 Å². The van der Waals surface area contributed by atoms with Gasteiger partial charge in [-0.15, -0.1) is 0 Å². The zero-order valence-corrected chi connectivity index (χ0v) is 15.2. The fourth-order valence-corrected chi connectivity index (χ4v) is 2.67. The lowest BCUT2D eigenvalue weighted by Gasteiger charge is -2.07. The highest BCUT2D eigenvalue weighted by atomic mass is 16.5. The molecule has 0 aromatic heterocycles. The predicted octanol–water partition coefficient (Wildman–Crippen LogP) is 3.50. The quantitative estimate of drug-likeness (QED) is 0.660. The van der Waals surface area contributed by atoms with Crippen LogP contribution in [0.5, 0.6) is 17.2 Å². The number of hydrogen-bond donors (Lipinski definition) is 1. The van der Waals surface area contributed by atoms with E-state index in [1.165, 1.54) is 13.2 Å². The summed E-state index contributed by atoms with van der Waals surface area (Å²) >= 11 is 0. The van der Waals surface area contributed by atoms with E-state index in [2.05, 4.69) is 0 Å². The zero-order chi connectivity index (χ0) is 18.9. The summed E-state index contributed by atoms with van der Waals surface area (Å²) in [5.41, 5.74) is 1.90. The molecule has 0 unspecified atom stereocenters. The van der Waals surface area contributed by atoms with E-state index in [4.69, 9.17) is 9.47 Å². The van der Waals surface area contributed by atoms with Gasteiger partial charge in [0, 0.05) is 12.8 Å². The molecule has 2 aromatic rings. The van der Waals surface area contributed by atoms with E-state index in [0.29, 0.717) is 31.4 Å². The number of phenolic OH excluding ortho intramolecular Hbond substituents is 1. The van der Waals surface area contributed by atoms with Gasteiger partial charge in [-0.1, -0.05) is 18.2 Å². The summed E-state index contributed by atoms with van der Waals surface area (Å²) in [4.78, 5) is 24.1. The van der Waals surface area contributed by atoms with E-state index >= 15 is 0 Å². The van der Waals surface area contributed by atoms with Crippen LogP contribution in [0, 0.1) is 0 Å². The predicted molar refractivity (Wildman–Crippen MR) is 98.9 cm³/mol. The maximum Gasteiger partial charge on any atom is 0.160 e. The minimum absolute atomic E-state index is 0.0425. The summed E-state index contributed by atoms with van der Waals surface area (Å²) in [7, 11) is 3.08. The number of methoxy groups -OCH3 is 2. The van der Waals surface area contributed by atoms with E-state index in [9.17, 15) is 14.7 Å². The maximum atomic E-state index is 12.0. The van der Waals surface area contributed by atoms with Crippen molar-refractivity contribution in [2.75, 3.05) is 14.2 Å². The van der Waals surface area contributed by atoms with Crippen LogP contribution in [0.1, 0.15) is 30.4 Å². The molecule has 1 N–H and O–H groups in total. The van der Waals surface area contributed by atoms with Crippen molar-refractivity contribution < 1.29 is 24.2 Å². The first-order valence-electron chi connectivity index (χ1n) is 8.54. The molecule has 5 heteroatoms. The number of phenols is 1. The van der Waals surface area contributed by atoms with Crippen LogP contribution in [-0.2, 0) is 22.4 Å². The first-order valence-corrected chi connectivity index (χ1v) is 8.54. The molecule has 2 aromatic carbocycles. The maximum absolute atomic E-state index is 12.0. The van der Waals surface area contributed by atoms with Crippen LogP contribution in [0.3, 0.4) is 0 Å². The number of carbonyl (C=O) groups is 2. The first kappa shape index (κ1) is 19.5. The van der Waals surface area contributed by atoms with Crippen molar-refractivity contribution in [3.05, 3.63) is 53.6 Å². The minimum Gasteiger partial charge on any atom is -0.504 e. The summed E-state index contributed by atoms with van der Waals surface area (Å²) in [5, 5.41) is 9.57. The minimum atomic E-state index is -0.0762. The molecular weight excluding hydrogens is 332 g/mol. The Bertz CT molecular complexity index is 767. The number of rotatable bonds is 10. The molecule has 2 rings (SSSR count). The lowest BCUT2D eigenvalue weighted by molar-refractivity contribution is -0.126. The van der Waals surface area contributed by atoms with Crippen molar-refractivity contribution in [2.24, 2.45) is 0 Å². The fourth-order valence-electron chi connectivity index (χ4n) is 2.67. The Morgan fingerprint density at radius 3 is 2.15 bits per heavy atom. The van der Waals surface area contributed by atoms with Gasteiger partial charge in [-0.2, -0.15) is 0 Å². The second-order valence-electron chi connectivity index (χ2n) is 6.11. The van der Waals surface area contributed by atoms with E-state index in [1.807, 2.05) is 24.3 Å². The SMILES string of the molecule is COc1cccc(CCC(=O)CC(=O)CCc2ccc(O)c(OC)c2)c1. The molecule has 0 aliphatic heterocycles. The van der Waals surface area contributed by atoms with Crippen LogP contribution in [0.4, 0.5) is 0 Å². The second-order valence-corrected chi connectivity index (χ2v) is 6.11. The topological polar surface area (TPSA) is 72.8 Å². The van der Waals surface area contributed by atoms with Gasteiger partial charge in [-0.05, 0) is 48.2 Å².